The molecule has 10 aliphatic carbocycles. The van der Waals surface area contributed by atoms with Crippen LogP contribution in [0.5, 0.6) is 0 Å². The molecule has 16 rings (SSSR count). The summed E-state index contributed by atoms with van der Waals surface area (Å²) in [7, 11) is 25.2. The second-order valence-corrected chi connectivity index (χ2v) is 56.3. The minimum absolute atomic E-state index is 0.145. The minimum atomic E-state index is -1.62. The van der Waals surface area contributed by atoms with Crippen molar-refractivity contribution in [2.75, 3.05) is 0 Å². The van der Waals surface area contributed by atoms with E-state index < -0.39 is 30.1 Å². The van der Waals surface area contributed by atoms with Gasteiger partial charge in [-0.1, -0.05) is 144 Å². The van der Waals surface area contributed by atoms with Gasteiger partial charge in [0.2, 0.25) is 0 Å². The van der Waals surface area contributed by atoms with Gasteiger partial charge in [0.1, 0.15) is 0 Å². The van der Waals surface area contributed by atoms with Crippen molar-refractivity contribution in [3.63, 3.8) is 0 Å². The van der Waals surface area contributed by atoms with Crippen LogP contribution in [0.25, 0.3) is 34.2 Å². The molecule has 6 aromatic heterocycles. The third-order valence-electron chi connectivity index (χ3n) is 28.8. The largest absolute Gasteiger partial charge is 0.247 e. The van der Waals surface area contributed by atoms with E-state index >= 15 is 0 Å². The van der Waals surface area contributed by atoms with Crippen molar-refractivity contribution in [3.8, 4) is 34.2 Å². The van der Waals surface area contributed by atoms with Gasteiger partial charge in [0.15, 0.2) is 0 Å². The van der Waals surface area contributed by atoms with Crippen LogP contribution in [0, 0.1) is 13.8 Å². The molecule has 0 bridgehead atoms. The summed E-state index contributed by atoms with van der Waals surface area (Å²) < 4.78 is 0. The molecule has 10 saturated carbocycles. The zero-order chi connectivity index (χ0) is 80.3. The first kappa shape index (κ1) is 94.4. The number of pyridine rings is 6. The molecule has 0 amide bonds. The summed E-state index contributed by atoms with van der Waals surface area (Å²) in [4.78, 5) is 30.1. The smallest absolute Gasteiger partial charge is 0.0995 e. The van der Waals surface area contributed by atoms with E-state index in [0.29, 0.717) is 0 Å². The van der Waals surface area contributed by atoms with E-state index in [2.05, 4.69) is 90.6 Å². The number of nitrogens with zero attached hydrogens (tertiary/aromatic N) is 6. The Labute approximate surface area is 730 Å². The first-order valence-corrected chi connectivity index (χ1v) is 61.7. The normalized spacial score (nSPS) is 21.0. The SMILES string of the molecule is Cc1cccc(-c2cccc(C)n2)n1.ClP(C1CCCCC1)C1CCCCC1.[B]C.[B][P+](Cc1cccc(-c2cccc(C[P+]([B])(C3CCCCC3)C3CCCCC3)n2)n1)(C1CCCCC1)C1CCCCC1.[Cl][Rh][Cl].c1cc(C[PH+](C2CCCCC2)C2CCCCC2)nc(-c2cccc(C[PH+](C3CCCCC3)C3CCCCC3)n2)c1. The Hall–Kier alpha value is -1.26. The van der Waals surface area contributed by atoms with Crippen molar-refractivity contribution < 1.29 is 15.1 Å². The van der Waals surface area contributed by atoms with Crippen LogP contribution in [-0.2, 0) is 39.8 Å². The van der Waals surface area contributed by atoms with Gasteiger partial charge in [-0.15, -0.1) is 0 Å². The van der Waals surface area contributed by atoms with E-state index in [1.165, 1.54) is 363 Å². The molecule has 0 unspecified atom stereocenters. The van der Waals surface area contributed by atoms with Crippen LogP contribution in [0.2, 0.25) is 6.82 Å². The van der Waals surface area contributed by atoms with Crippen LogP contribution in [0.4, 0.5) is 0 Å². The monoisotopic (exact) mass is 1790 g/mol. The van der Waals surface area contributed by atoms with Crippen molar-refractivity contribution in [2.45, 2.75) is 423 Å². The van der Waals surface area contributed by atoms with E-state index in [0.717, 1.165) is 114 Å². The van der Waals surface area contributed by atoms with Gasteiger partial charge in [0.05, 0.1) is 135 Å². The van der Waals surface area contributed by atoms with Gasteiger partial charge in [-0.3, -0.25) is 9.97 Å². The summed E-state index contributed by atoms with van der Waals surface area (Å²) in [6.07, 6.45) is 76.0. The predicted octanol–water partition coefficient (Wildman–Crippen LogP) is 31.2. The fraction of sp³-hybridized carbons (Fsp3) is 0.691. The maximum Gasteiger partial charge on any atom is 0.0995 e. The Morgan fingerprint density at radius 2 is 0.504 bits per heavy atom. The first-order chi connectivity index (χ1) is 56.4. The van der Waals surface area contributed by atoms with Gasteiger partial charge in [-0.05, 0) is 351 Å². The summed E-state index contributed by atoms with van der Waals surface area (Å²) in [5, 5.41) is 0. The molecular weight excluding hydrogens is 1650 g/mol. The van der Waals surface area contributed by atoms with E-state index in [1.807, 2.05) is 50.2 Å². The Morgan fingerprint density at radius 3 is 0.748 bits per heavy atom. The minimum Gasteiger partial charge on any atom is -0.247 e. The van der Waals surface area contributed by atoms with Crippen molar-refractivity contribution >= 4 is 91.0 Å². The number of hydrogen-bond donors (Lipinski definition) is 0. The summed E-state index contributed by atoms with van der Waals surface area (Å²) in [6, 6.07) is 38.9. The molecule has 10 aliphatic rings. The summed E-state index contributed by atoms with van der Waals surface area (Å²) in [5.74, 6) is 0. The molecule has 115 heavy (non-hydrogen) atoms. The van der Waals surface area contributed by atoms with Crippen molar-refractivity contribution in [1.82, 2.24) is 29.9 Å². The maximum absolute atomic E-state index is 7.65. The number of aryl methyl sites for hydroxylation is 2. The Balaban J connectivity index is 0.000000163. The summed E-state index contributed by atoms with van der Waals surface area (Å²) in [5.41, 5.74) is 22.2. The van der Waals surface area contributed by atoms with Crippen molar-refractivity contribution in [1.29, 1.82) is 0 Å². The maximum atomic E-state index is 7.65. The topological polar surface area (TPSA) is 77.3 Å². The predicted molar refractivity (Wildman–Crippen MR) is 513 cm³/mol. The van der Waals surface area contributed by atoms with Crippen molar-refractivity contribution in [2.24, 2.45) is 0 Å². The van der Waals surface area contributed by atoms with Crippen LogP contribution in [0.15, 0.2) is 109 Å². The van der Waals surface area contributed by atoms with Crippen molar-refractivity contribution in [3.05, 3.63) is 143 Å². The number of rotatable bonds is 21. The van der Waals surface area contributed by atoms with Gasteiger partial charge in [-0.2, -0.15) is 0 Å². The van der Waals surface area contributed by atoms with Crippen LogP contribution < -0.4 is 0 Å². The van der Waals surface area contributed by atoms with Gasteiger partial charge in [0, 0.05) is 27.2 Å². The van der Waals surface area contributed by atoms with E-state index in [4.69, 9.17) is 65.7 Å². The van der Waals surface area contributed by atoms with Gasteiger partial charge in [0.25, 0.3) is 0 Å². The molecule has 6 aromatic rings. The molecule has 625 valence electrons. The zero-order valence-corrected chi connectivity index (χ0v) is 80.2. The van der Waals surface area contributed by atoms with Gasteiger partial charge < -0.3 is 0 Å². The molecule has 6 nitrogen and oxygen atoms in total. The number of hydrogen-bond acceptors (Lipinski definition) is 6. The molecule has 18 heteroatoms. The van der Waals surface area contributed by atoms with Gasteiger partial charge in [-0.25, -0.2) is 19.9 Å². The quantitative estimate of drug-likeness (QED) is 0.0528. The summed E-state index contributed by atoms with van der Waals surface area (Å²) in [6.45, 7) is 5.47. The molecule has 0 aromatic carbocycles. The number of aromatic nitrogens is 6. The molecular formula is C97H147B3Cl3N6P5Rh+4. The zero-order valence-electron chi connectivity index (χ0n) is 71.6. The second kappa shape index (κ2) is 51.9. The molecule has 0 spiro atoms. The standard InChI is InChI=1S/C36H54B2N2P2.C36H54N2P2.C12H22ClP.C12H12N2.CH3B.2ClH.Rh/c37-41(31-17-5-1-6-18-31,32-19-7-2-8-20-32)27-29-15-13-25-35(39-29)36-26-14-16-30(40-36)28-42(38,33-21-9-3-10-22-33)34-23-11-4-12-24-34;1-5-17-31(18-6-1)39(32-19-7-2-8-20-32)27-29-15-13-25-35(37-29)36-26-14-16-30(38-36)28-40(33-21-9-3-10-22-33)34-23-11-4-12-24-34;13-14(11-7-3-1-4-8-11)12-9-5-2-6-10-12;1-9-5-3-7-11(13-9)12-8-4-6-10(2)14-12;1-2;;;/h13-16,25-26,31-34H,1-12,17-24,27-28H2;13-16,25-26,31-34H,1-12,17-24,27-28H2;11-12H,1-10H2;3-8H,1-2H3;1H3;2*1H;/q+2;;;;;;;+2. The summed E-state index contributed by atoms with van der Waals surface area (Å²) >= 11 is 6.48. The fourth-order valence-corrected chi connectivity index (χ4v) is 43.5. The van der Waals surface area contributed by atoms with Crippen LogP contribution in [0.3, 0.4) is 0 Å². The Bertz CT molecular complexity index is 3370. The average Bonchev–Trinajstić information content (AvgIpc) is 0.781. The molecule has 0 saturated heterocycles. The van der Waals surface area contributed by atoms with E-state index in [-0.39, 0.29) is 22.4 Å². The first-order valence-electron chi connectivity index (χ1n) is 47.0. The molecule has 10 fully saturated rings. The van der Waals surface area contributed by atoms with Gasteiger partial charge >= 0.3 is 49.7 Å². The third-order valence-corrected chi connectivity index (χ3v) is 50.2. The van der Waals surface area contributed by atoms with E-state index in [9.17, 15) is 0 Å². The fourth-order valence-electron chi connectivity index (χ4n) is 22.7. The van der Waals surface area contributed by atoms with Crippen LogP contribution in [-0.4, -0.2) is 109 Å². The Morgan fingerprint density at radius 1 is 0.304 bits per heavy atom. The molecule has 6 radical (unpaired) electrons. The molecule has 0 aliphatic heterocycles. The van der Waals surface area contributed by atoms with Crippen LogP contribution >= 0.6 is 68.0 Å². The molecule has 6 heterocycles. The van der Waals surface area contributed by atoms with E-state index in [1.54, 1.807) is 0 Å². The van der Waals surface area contributed by atoms with Crippen LogP contribution in [0.1, 0.15) is 355 Å². The molecule has 0 N–H and O–H groups in total. The second-order valence-electron chi connectivity index (χ2n) is 36.7. The molecule has 0 atom stereocenters. The average molecular weight is 1790 g/mol. The Kier molecular flexibility index (Phi) is 42.6. The number of halogens is 3. The third kappa shape index (κ3) is 29.4.